The Morgan fingerprint density at radius 3 is 2.56 bits per heavy atom. The van der Waals surface area contributed by atoms with Crippen LogP contribution in [0.2, 0.25) is 0 Å². The van der Waals surface area contributed by atoms with Gasteiger partial charge in [-0.25, -0.2) is 4.79 Å². The summed E-state index contributed by atoms with van der Waals surface area (Å²) in [5.74, 6) is -4.08. The summed E-state index contributed by atoms with van der Waals surface area (Å²) in [6.07, 6.45) is 0. The molecule has 0 atom stereocenters. The van der Waals surface area contributed by atoms with Crippen LogP contribution in [-0.4, -0.2) is 18.1 Å². The Kier molecular flexibility index (Phi) is 3.47. The molecule has 0 aliphatic heterocycles. The molecular weight excluding hydrogens is 288 g/mol. The van der Waals surface area contributed by atoms with Crippen molar-refractivity contribution in [3.8, 4) is 0 Å². The van der Waals surface area contributed by atoms with Gasteiger partial charge in [-0.1, -0.05) is 0 Å². The fraction of sp³-hybridized carbons (Fsp3) is 0.333. The number of alkyl halides is 2. The van der Waals surface area contributed by atoms with Crippen molar-refractivity contribution in [3.05, 3.63) is 32.2 Å². The highest BCUT2D eigenvalue weighted by molar-refractivity contribution is 9.10. The van der Waals surface area contributed by atoms with Crippen molar-refractivity contribution in [2.45, 2.75) is 12.8 Å². The Hall–Kier alpha value is -1.24. The molecule has 0 bridgehead atoms. The van der Waals surface area contributed by atoms with Crippen molar-refractivity contribution in [1.29, 1.82) is 0 Å². The van der Waals surface area contributed by atoms with Crippen LogP contribution in [-0.2, 0) is 10.7 Å². The topological polar surface area (TPSA) is 59.2 Å². The number of aromatic nitrogens is 1. The van der Waals surface area contributed by atoms with Crippen LogP contribution in [0.15, 0.2) is 15.3 Å². The molecule has 0 unspecified atom stereocenters. The lowest BCUT2D eigenvalue weighted by molar-refractivity contribution is 0.0115. The predicted octanol–water partition coefficient (Wildman–Crippen LogP) is 2.04. The minimum Gasteiger partial charge on any atom is -0.465 e. The van der Waals surface area contributed by atoms with Gasteiger partial charge in [0.15, 0.2) is 0 Å². The summed E-state index contributed by atoms with van der Waals surface area (Å²) in [7, 11) is 1.10. The van der Waals surface area contributed by atoms with Crippen LogP contribution < -0.4 is 5.56 Å². The van der Waals surface area contributed by atoms with E-state index < -0.39 is 23.1 Å². The van der Waals surface area contributed by atoms with Gasteiger partial charge < -0.3 is 9.72 Å². The number of pyridine rings is 1. The lowest BCUT2D eigenvalue weighted by atomic mass is 10.2. The van der Waals surface area contributed by atoms with E-state index in [0.717, 1.165) is 13.2 Å². The van der Waals surface area contributed by atoms with Crippen LogP contribution in [0.4, 0.5) is 8.78 Å². The largest absolute Gasteiger partial charge is 0.465 e. The van der Waals surface area contributed by atoms with Crippen LogP contribution in [0, 0.1) is 0 Å². The van der Waals surface area contributed by atoms with Crippen LogP contribution in [0.1, 0.15) is 23.0 Å². The standard InChI is InChI=1S/C9H8BrF2NO3/c1-9(11,12)6-5(10)3-4(7(14)13-6)8(15)16-2/h3H,1-2H3,(H,13,14). The first-order valence-corrected chi connectivity index (χ1v) is 4.96. The molecule has 88 valence electrons. The first kappa shape index (κ1) is 12.8. The summed E-state index contributed by atoms with van der Waals surface area (Å²) in [6.45, 7) is 0.640. The predicted molar refractivity (Wildman–Crippen MR) is 55.7 cm³/mol. The lowest BCUT2D eigenvalue weighted by Crippen LogP contribution is -2.24. The molecule has 16 heavy (non-hydrogen) atoms. The number of hydrogen-bond acceptors (Lipinski definition) is 3. The van der Waals surface area contributed by atoms with E-state index in [4.69, 9.17) is 0 Å². The van der Waals surface area contributed by atoms with Gasteiger partial charge >= 0.3 is 5.97 Å². The zero-order valence-electron chi connectivity index (χ0n) is 8.44. The number of H-pyrrole nitrogens is 1. The number of carbonyl (C=O) groups excluding carboxylic acids is 1. The van der Waals surface area contributed by atoms with Gasteiger partial charge in [0.1, 0.15) is 11.3 Å². The van der Waals surface area contributed by atoms with Crippen LogP contribution in [0.5, 0.6) is 0 Å². The SMILES string of the molecule is COC(=O)c1cc(Br)c(C(C)(F)F)[nH]c1=O. The molecule has 0 spiro atoms. The van der Waals surface area contributed by atoms with Crippen molar-refractivity contribution in [2.24, 2.45) is 0 Å². The van der Waals surface area contributed by atoms with E-state index in [0.29, 0.717) is 6.92 Å². The third-order valence-electron chi connectivity index (χ3n) is 1.84. The van der Waals surface area contributed by atoms with E-state index in [1.54, 1.807) is 0 Å². The van der Waals surface area contributed by atoms with Gasteiger partial charge in [-0.15, -0.1) is 0 Å². The quantitative estimate of drug-likeness (QED) is 0.850. The normalized spacial score (nSPS) is 11.3. The number of ether oxygens (including phenoxy) is 1. The fourth-order valence-electron chi connectivity index (χ4n) is 1.09. The molecule has 0 saturated heterocycles. The smallest absolute Gasteiger partial charge is 0.343 e. The van der Waals surface area contributed by atoms with E-state index >= 15 is 0 Å². The molecule has 0 amide bonds. The monoisotopic (exact) mass is 295 g/mol. The summed E-state index contributed by atoms with van der Waals surface area (Å²) in [5.41, 5.74) is -1.82. The Morgan fingerprint density at radius 2 is 2.12 bits per heavy atom. The van der Waals surface area contributed by atoms with Gasteiger partial charge in [0, 0.05) is 11.4 Å². The minimum absolute atomic E-state index is 0.0556. The molecule has 0 aromatic carbocycles. The molecule has 1 aromatic heterocycles. The average Bonchev–Trinajstić information content (AvgIpc) is 2.18. The molecule has 1 heterocycles. The van der Waals surface area contributed by atoms with Crippen molar-refractivity contribution in [1.82, 2.24) is 4.98 Å². The van der Waals surface area contributed by atoms with Crippen molar-refractivity contribution in [2.75, 3.05) is 7.11 Å². The minimum atomic E-state index is -3.20. The average molecular weight is 296 g/mol. The fourth-order valence-corrected chi connectivity index (χ4v) is 1.76. The molecule has 0 aliphatic rings. The third-order valence-corrected chi connectivity index (χ3v) is 2.46. The highest BCUT2D eigenvalue weighted by atomic mass is 79.9. The second-order valence-electron chi connectivity index (χ2n) is 3.12. The molecule has 0 saturated carbocycles. The van der Waals surface area contributed by atoms with Gasteiger partial charge in [-0.2, -0.15) is 8.78 Å². The Bertz CT molecular complexity index is 479. The number of carbonyl (C=O) groups is 1. The molecule has 7 heteroatoms. The number of aromatic amines is 1. The second-order valence-corrected chi connectivity index (χ2v) is 3.97. The van der Waals surface area contributed by atoms with Gasteiger partial charge in [0.05, 0.1) is 7.11 Å². The third kappa shape index (κ3) is 2.46. The molecule has 4 nitrogen and oxygen atoms in total. The van der Waals surface area contributed by atoms with Crippen molar-refractivity contribution in [3.63, 3.8) is 0 Å². The summed E-state index contributed by atoms with van der Waals surface area (Å²) in [4.78, 5) is 24.4. The van der Waals surface area contributed by atoms with Crippen molar-refractivity contribution >= 4 is 21.9 Å². The molecule has 0 aliphatic carbocycles. The number of rotatable bonds is 2. The Balaban J connectivity index is 3.40. The lowest BCUT2D eigenvalue weighted by Gasteiger charge is -2.12. The molecule has 0 radical (unpaired) electrons. The summed E-state index contributed by atoms with van der Waals surface area (Å²) >= 11 is 2.86. The maximum absolute atomic E-state index is 13.0. The van der Waals surface area contributed by atoms with Gasteiger partial charge in [0.2, 0.25) is 0 Å². The van der Waals surface area contributed by atoms with Gasteiger partial charge in [-0.3, -0.25) is 4.79 Å². The number of halogens is 3. The second kappa shape index (κ2) is 4.32. The number of esters is 1. The van der Waals surface area contributed by atoms with Crippen molar-refractivity contribution < 1.29 is 18.3 Å². The summed E-state index contributed by atoms with van der Waals surface area (Å²) < 4.78 is 30.3. The zero-order chi connectivity index (χ0) is 12.5. The molecule has 1 aromatic rings. The Morgan fingerprint density at radius 1 is 1.56 bits per heavy atom. The maximum atomic E-state index is 13.0. The number of hydrogen-bond donors (Lipinski definition) is 1. The van der Waals surface area contributed by atoms with E-state index in [2.05, 4.69) is 20.7 Å². The highest BCUT2D eigenvalue weighted by Crippen LogP contribution is 2.30. The molecular formula is C9H8BrF2NO3. The van der Waals surface area contributed by atoms with E-state index in [-0.39, 0.29) is 10.0 Å². The first-order chi connectivity index (χ1) is 7.27. The molecule has 0 fully saturated rings. The van der Waals surface area contributed by atoms with E-state index in [1.807, 2.05) is 4.98 Å². The zero-order valence-corrected chi connectivity index (χ0v) is 10.0. The number of methoxy groups -OCH3 is 1. The summed E-state index contributed by atoms with van der Waals surface area (Å²) in [5, 5.41) is 0. The van der Waals surface area contributed by atoms with E-state index in [1.165, 1.54) is 0 Å². The van der Waals surface area contributed by atoms with Gasteiger partial charge in [-0.05, 0) is 22.0 Å². The first-order valence-electron chi connectivity index (χ1n) is 4.16. The van der Waals surface area contributed by atoms with Crippen LogP contribution in [0.3, 0.4) is 0 Å². The Labute approximate surface area is 97.7 Å². The number of nitrogens with one attached hydrogen (secondary N) is 1. The van der Waals surface area contributed by atoms with E-state index in [9.17, 15) is 18.4 Å². The maximum Gasteiger partial charge on any atom is 0.343 e. The van der Waals surface area contributed by atoms with Crippen LogP contribution >= 0.6 is 15.9 Å². The van der Waals surface area contributed by atoms with Gasteiger partial charge in [0.25, 0.3) is 11.5 Å². The molecule has 1 rings (SSSR count). The molecule has 1 N–H and O–H groups in total. The van der Waals surface area contributed by atoms with Crippen LogP contribution in [0.25, 0.3) is 0 Å². The summed E-state index contributed by atoms with van der Waals surface area (Å²) in [6, 6.07) is 1.01. The highest BCUT2D eigenvalue weighted by Gasteiger charge is 2.29.